The first-order chi connectivity index (χ1) is 10.7. The van der Waals surface area contributed by atoms with Crippen molar-refractivity contribution in [1.82, 2.24) is 0 Å². The van der Waals surface area contributed by atoms with E-state index >= 15 is 0 Å². The van der Waals surface area contributed by atoms with Gasteiger partial charge >= 0.3 is 0 Å². The van der Waals surface area contributed by atoms with E-state index in [1.165, 1.54) is 6.21 Å². The van der Waals surface area contributed by atoms with Crippen LogP contribution < -0.4 is 15.2 Å². The Morgan fingerprint density at radius 2 is 1.86 bits per heavy atom. The zero-order chi connectivity index (χ0) is 15.9. The Morgan fingerprint density at radius 3 is 2.50 bits per heavy atom. The van der Waals surface area contributed by atoms with E-state index in [0.29, 0.717) is 17.1 Å². The standard InChI is InChI=1S/C17H18N2O3/c1-21-14-8-9-15(22-2)13(10-14)11-19-17(20)16(18)12-6-4-3-5-7-12/h3-11,16H,18H2,1-2H3/t16-/m1/s1. The van der Waals surface area contributed by atoms with E-state index in [9.17, 15) is 4.79 Å². The molecule has 5 heteroatoms. The fraction of sp³-hybridized carbons (Fsp3) is 0.176. The molecule has 0 fully saturated rings. The summed E-state index contributed by atoms with van der Waals surface area (Å²) in [6.45, 7) is 0. The summed E-state index contributed by atoms with van der Waals surface area (Å²) in [7, 11) is 3.12. The third kappa shape index (κ3) is 3.71. The number of amides is 1. The number of nitrogens with two attached hydrogens (primary N) is 1. The smallest absolute Gasteiger partial charge is 0.267 e. The SMILES string of the molecule is COc1ccc(OC)c(C=NC(=O)[C@H](N)c2ccccc2)c1. The van der Waals surface area contributed by atoms with Gasteiger partial charge in [0.15, 0.2) is 0 Å². The summed E-state index contributed by atoms with van der Waals surface area (Å²) in [6, 6.07) is 13.6. The molecule has 0 aliphatic rings. The van der Waals surface area contributed by atoms with Crippen molar-refractivity contribution in [2.24, 2.45) is 10.7 Å². The van der Waals surface area contributed by atoms with E-state index in [-0.39, 0.29) is 0 Å². The summed E-state index contributed by atoms with van der Waals surface area (Å²) in [5.41, 5.74) is 7.28. The van der Waals surface area contributed by atoms with Gasteiger partial charge in [0.25, 0.3) is 5.91 Å². The van der Waals surface area contributed by atoms with Crippen LogP contribution >= 0.6 is 0 Å². The third-order valence-corrected chi connectivity index (χ3v) is 3.19. The van der Waals surface area contributed by atoms with Gasteiger partial charge in [0.05, 0.1) is 14.2 Å². The lowest BCUT2D eigenvalue weighted by molar-refractivity contribution is -0.119. The van der Waals surface area contributed by atoms with Gasteiger partial charge in [-0.25, -0.2) is 4.99 Å². The van der Waals surface area contributed by atoms with Crippen LogP contribution in [0.2, 0.25) is 0 Å². The summed E-state index contributed by atoms with van der Waals surface area (Å²) in [5, 5.41) is 0. The molecule has 0 radical (unpaired) electrons. The predicted molar refractivity (Wildman–Crippen MR) is 85.5 cm³/mol. The van der Waals surface area contributed by atoms with Crippen molar-refractivity contribution >= 4 is 12.1 Å². The molecule has 0 aromatic heterocycles. The minimum absolute atomic E-state index is 0.420. The Kier molecular flexibility index (Phi) is 5.27. The molecule has 2 aromatic rings. The number of nitrogens with zero attached hydrogens (tertiary/aromatic N) is 1. The maximum atomic E-state index is 12.1. The Hall–Kier alpha value is -2.66. The van der Waals surface area contributed by atoms with Crippen LogP contribution in [0.4, 0.5) is 0 Å². The Bertz CT molecular complexity index is 669. The Morgan fingerprint density at radius 1 is 1.14 bits per heavy atom. The lowest BCUT2D eigenvalue weighted by atomic mass is 10.1. The second-order valence-electron chi connectivity index (χ2n) is 4.59. The molecule has 0 aliphatic heterocycles. The number of hydrogen-bond donors (Lipinski definition) is 1. The van der Waals surface area contributed by atoms with Gasteiger partial charge in [-0.1, -0.05) is 30.3 Å². The third-order valence-electron chi connectivity index (χ3n) is 3.19. The average Bonchev–Trinajstić information content (AvgIpc) is 2.59. The largest absolute Gasteiger partial charge is 0.497 e. The van der Waals surface area contributed by atoms with E-state index in [0.717, 1.165) is 5.56 Å². The molecule has 2 N–H and O–H groups in total. The monoisotopic (exact) mass is 298 g/mol. The van der Waals surface area contributed by atoms with Crippen molar-refractivity contribution in [1.29, 1.82) is 0 Å². The number of carbonyl (C=O) groups excluding carboxylic acids is 1. The molecule has 0 unspecified atom stereocenters. The number of aliphatic imine (C=N–C) groups is 1. The number of methoxy groups -OCH3 is 2. The van der Waals surface area contributed by atoms with Gasteiger partial charge in [-0.2, -0.15) is 0 Å². The molecule has 2 rings (SSSR count). The zero-order valence-corrected chi connectivity index (χ0v) is 12.5. The van der Waals surface area contributed by atoms with Crippen molar-refractivity contribution in [3.8, 4) is 11.5 Å². The Balaban J connectivity index is 2.19. The molecule has 2 aromatic carbocycles. The van der Waals surface area contributed by atoms with E-state index < -0.39 is 11.9 Å². The van der Waals surface area contributed by atoms with Crippen LogP contribution in [0.1, 0.15) is 17.2 Å². The molecule has 1 atom stereocenters. The topological polar surface area (TPSA) is 73.9 Å². The number of hydrogen-bond acceptors (Lipinski definition) is 4. The van der Waals surface area contributed by atoms with Crippen LogP contribution in [0.5, 0.6) is 11.5 Å². The maximum Gasteiger partial charge on any atom is 0.267 e. The highest BCUT2D eigenvalue weighted by molar-refractivity contribution is 5.96. The molecule has 0 aliphatic carbocycles. The van der Waals surface area contributed by atoms with Crippen molar-refractivity contribution in [2.45, 2.75) is 6.04 Å². The van der Waals surface area contributed by atoms with Crippen LogP contribution in [0.25, 0.3) is 0 Å². The minimum Gasteiger partial charge on any atom is -0.497 e. The lowest BCUT2D eigenvalue weighted by Crippen LogP contribution is -2.19. The van der Waals surface area contributed by atoms with Gasteiger partial charge < -0.3 is 15.2 Å². The maximum absolute atomic E-state index is 12.1. The number of ether oxygens (including phenoxy) is 2. The highest BCUT2D eigenvalue weighted by Gasteiger charge is 2.14. The van der Waals surface area contributed by atoms with E-state index in [4.69, 9.17) is 15.2 Å². The first-order valence-corrected chi connectivity index (χ1v) is 6.76. The second-order valence-corrected chi connectivity index (χ2v) is 4.59. The van der Waals surface area contributed by atoms with E-state index in [2.05, 4.69) is 4.99 Å². The second kappa shape index (κ2) is 7.38. The normalized spacial score (nSPS) is 12.1. The molecular weight excluding hydrogens is 280 g/mol. The highest BCUT2D eigenvalue weighted by Crippen LogP contribution is 2.22. The van der Waals surface area contributed by atoms with Gasteiger partial charge in [0, 0.05) is 11.8 Å². The predicted octanol–water partition coefficient (Wildman–Crippen LogP) is 2.35. The number of benzene rings is 2. The molecule has 0 saturated heterocycles. The molecule has 0 bridgehead atoms. The van der Waals surface area contributed by atoms with Crippen LogP contribution in [0, 0.1) is 0 Å². The fourth-order valence-corrected chi connectivity index (χ4v) is 1.96. The molecule has 0 heterocycles. The molecule has 0 spiro atoms. The average molecular weight is 298 g/mol. The van der Waals surface area contributed by atoms with Gasteiger partial charge in [-0.05, 0) is 23.8 Å². The van der Waals surface area contributed by atoms with Crippen LogP contribution in [0.15, 0.2) is 53.5 Å². The first-order valence-electron chi connectivity index (χ1n) is 6.76. The van der Waals surface area contributed by atoms with Crippen molar-refractivity contribution in [3.63, 3.8) is 0 Å². The summed E-state index contributed by atoms with van der Waals surface area (Å²) < 4.78 is 10.4. The van der Waals surface area contributed by atoms with Crippen molar-refractivity contribution in [3.05, 3.63) is 59.7 Å². The summed E-state index contributed by atoms with van der Waals surface area (Å²) in [6.07, 6.45) is 1.44. The van der Waals surface area contributed by atoms with E-state index in [1.807, 2.05) is 18.2 Å². The molecule has 0 saturated carbocycles. The fourth-order valence-electron chi connectivity index (χ4n) is 1.96. The summed E-state index contributed by atoms with van der Waals surface area (Å²) in [5.74, 6) is 0.837. The summed E-state index contributed by atoms with van der Waals surface area (Å²) >= 11 is 0. The minimum atomic E-state index is -0.783. The number of rotatable bonds is 5. The molecule has 1 amide bonds. The van der Waals surface area contributed by atoms with Crippen LogP contribution in [-0.2, 0) is 4.79 Å². The highest BCUT2D eigenvalue weighted by atomic mass is 16.5. The van der Waals surface area contributed by atoms with Crippen molar-refractivity contribution < 1.29 is 14.3 Å². The lowest BCUT2D eigenvalue weighted by Gasteiger charge is -2.08. The van der Waals surface area contributed by atoms with Gasteiger partial charge in [0.1, 0.15) is 17.5 Å². The zero-order valence-electron chi connectivity index (χ0n) is 12.5. The molecular formula is C17H18N2O3. The Labute approximate surface area is 129 Å². The molecule has 22 heavy (non-hydrogen) atoms. The quantitative estimate of drug-likeness (QED) is 0.860. The summed E-state index contributed by atoms with van der Waals surface area (Å²) in [4.78, 5) is 16.0. The van der Waals surface area contributed by atoms with Gasteiger partial charge in [0.2, 0.25) is 0 Å². The van der Waals surface area contributed by atoms with Crippen molar-refractivity contribution in [2.75, 3.05) is 14.2 Å². The van der Waals surface area contributed by atoms with Gasteiger partial charge in [-0.15, -0.1) is 0 Å². The first kappa shape index (κ1) is 15.7. The molecule has 5 nitrogen and oxygen atoms in total. The van der Waals surface area contributed by atoms with Gasteiger partial charge in [-0.3, -0.25) is 4.79 Å². The molecule has 114 valence electrons. The van der Waals surface area contributed by atoms with Crippen LogP contribution in [-0.4, -0.2) is 26.3 Å². The van der Waals surface area contributed by atoms with Crippen LogP contribution in [0.3, 0.4) is 0 Å². The van der Waals surface area contributed by atoms with E-state index in [1.54, 1.807) is 44.6 Å². The number of carbonyl (C=O) groups is 1.